The molecule has 2 fully saturated rings. The van der Waals surface area contributed by atoms with Crippen LogP contribution in [0.25, 0.3) is 0 Å². The van der Waals surface area contributed by atoms with Gasteiger partial charge in [0, 0.05) is 24.7 Å². The standard InChI is InChI=1S/C17H28N4O.ClH/c1-16(2,3)14(12-10-19-21(4)11-12)20-15(22)13-9-17(13)5-7-18-8-6-17;/h10-11,13-14,18H,5-9H2,1-4H3,(H,20,22);1H. The fourth-order valence-electron chi connectivity index (χ4n) is 3.83. The molecule has 1 aromatic heterocycles. The molecular formula is C17H29ClN4O. The monoisotopic (exact) mass is 340 g/mol. The highest BCUT2D eigenvalue weighted by molar-refractivity contribution is 5.85. The van der Waals surface area contributed by atoms with Crippen molar-refractivity contribution in [2.24, 2.45) is 23.8 Å². The summed E-state index contributed by atoms with van der Waals surface area (Å²) >= 11 is 0. The van der Waals surface area contributed by atoms with Gasteiger partial charge in [0.05, 0.1) is 12.2 Å². The maximum absolute atomic E-state index is 12.8. The lowest BCUT2D eigenvalue weighted by atomic mass is 9.83. The number of aromatic nitrogens is 2. The maximum atomic E-state index is 12.8. The van der Waals surface area contributed by atoms with Crippen LogP contribution in [0.3, 0.4) is 0 Å². The molecule has 3 rings (SSSR count). The Labute approximate surface area is 145 Å². The zero-order valence-corrected chi connectivity index (χ0v) is 15.4. The summed E-state index contributed by atoms with van der Waals surface area (Å²) in [6.45, 7) is 8.60. The van der Waals surface area contributed by atoms with Crippen molar-refractivity contribution in [3.05, 3.63) is 18.0 Å². The third kappa shape index (κ3) is 3.72. The summed E-state index contributed by atoms with van der Waals surface area (Å²) in [4.78, 5) is 12.8. The van der Waals surface area contributed by atoms with Crippen LogP contribution in [-0.2, 0) is 11.8 Å². The highest BCUT2D eigenvalue weighted by Gasteiger charge is 2.58. The van der Waals surface area contributed by atoms with Gasteiger partial charge in [0.15, 0.2) is 0 Å². The molecule has 130 valence electrons. The van der Waals surface area contributed by atoms with E-state index in [2.05, 4.69) is 36.5 Å². The average Bonchev–Trinajstić information content (AvgIpc) is 2.95. The summed E-state index contributed by atoms with van der Waals surface area (Å²) in [6.07, 6.45) is 7.20. The Morgan fingerprint density at radius 2 is 2.09 bits per heavy atom. The summed E-state index contributed by atoms with van der Waals surface area (Å²) < 4.78 is 1.80. The Kier molecular flexibility index (Phi) is 5.12. The molecule has 1 amide bonds. The number of hydrogen-bond acceptors (Lipinski definition) is 3. The van der Waals surface area contributed by atoms with Crippen molar-refractivity contribution in [2.45, 2.75) is 46.1 Å². The van der Waals surface area contributed by atoms with E-state index in [4.69, 9.17) is 0 Å². The molecule has 2 aliphatic rings. The Hall–Kier alpha value is -1.07. The van der Waals surface area contributed by atoms with Gasteiger partial charge in [-0.05, 0) is 43.2 Å². The van der Waals surface area contributed by atoms with Gasteiger partial charge in [-0.2, -0.15) is 5.10 Å². The van der Waals surface area contributed by atoms with Gasteiger partial charge in [-0.3, -0.25) is 9.48 Å². The lowest BCUT2D eigenvalue weighted by molar-refractivity contribution is -0.124. The number of carbonyl (C=O) groups is 1. The van der Waals surface area contributed by atoms with Crippen LogP contribution in [0.1, 0.15) is 51.6 Å². The fourth-order valence-corrected chi connectivity index (χ4v) is 3.83. The second-order valence-corrected chi connectivity index (χ2v) is 8.12. The zero-order valence-electron chi connectivity index (χ0n) is 14.6. The van der Waals surface area contributed by atoms with Crippen LogP contribution in [-0.4, -0.2) is 28.8 Å². The predicted octanol–water partition coefficient (Wildman–Crippen LogP) is 2.44. The number of nitrogens with zero attached hydrogens (tertiary/aromatic N) is 2. The van der Waals surface area contributed by atoms with Gasteiger partial charge in [-0.1, -0.05) is 20.8 Å². The van der Waals surface area contributed by atoms with Crippen LogP contribution in [0.4, 0.5) is 0 Å². The summed E-state index contributed by atoms with van der Waals surface area (Å²) in [7, 11) is 1.91. The Balaban J connectivity index is 0.00000192. The van der Waals surface area contributed by atoms with E-state index in [1.54, 1.807) is 4.68 Å². The topological polar surface area (TPSA) is 59.0 Å². The van der Waals surface area contributed by atoms with Gasteiger partial charge < -0.3 is 10.6 Å². The lowest BCUT2D eigenvalue weighted by Gasteiger charge is -2.31. The van der Waals surface area contributed by atoms with Crippen molar-refractivity contribution in [2.75, 3.05) is 13.1 Å². The van der Waals surface area contributed by atoms with Crippen molar-refractivity contribution in [3.63, 3.8) is 0 Å². The van der Waals surface area contributed by atoms with Crippen LogP contribution in [0.5, 0.6) is 0 Å². The van der Waals surface area contributed by atoms with E-state index in [1.807, 2.05) is 19.4 Å². The lowest BCUT2D eigenvalue weighted by Crippen LogP contribution is -2.39. The van der Waals surface area contributed by atoms with Crippen molar-refractivity contribution >= 4 is 18.3 Å². The first kappa shape index (κ1) is 18.3. The first-order valence-corrected chi connectivity index (χ1v) is 8.31. The molecule has 1 aliphatic heterocycles. The second kappa shape index (κ2) is 6.44. The summed E-state index contributed by atoms with van der Waals surface area (Å²) in [5, 5.41) is 11.0. The Bertz CT molecular complexity index is 557. The predicted molar refractivity (Wildman–Crippen MR) is 93.4 cm³/mol. The Morgan fingerprint density at radius 1 is 1.43 bits per heavy atom. The highest BCUT2D eigenvalue weighted by atomic mass is 35.5. The van der Waals surface area contributed by atoms with Gasteiger partial charge >= 0.3 is 0 Å². The molecule has 2 unspecified atom stereocenters. The minimum Gasteiger partial charge on any atom is -0.348 e. The molecule has 0 radical (unpaired) electrons. The van der Waals surface area contributed by atoms with E-state index >= 15 is 0 Å². The number of hydrogen-bond donors (Lipinski definition) is 2. The van der Waals surface area contributed by atoms with Crippen LogP contribution >= 0.6 is 12.4 Å². The van der Waals surface area contributed by atoms with Crippen molar-refractivity contribution < 1.29 is 4.79 Å². The van der Waals surface area contributed by atoms with E-state index < -0.39 is 0 Å². The molecule has 0 bridgehead atoms. The van der Waals surface area contributed by atoms with Crippen LogP contribution in [0.2, 0.25) is 0 Å². The largest absolute Gasteiger partial charge is 0.348 e. The van der Waals surface area contributed by atoms with Crippen molar-refractivity contribution in [1.82, 2.24) is 20.4 Å². The van der Waals surface area contributed by atoms with Crippen LogP contribution in [0, 0.1) is 16.7 Å². The van der Waals surface area contributed by atoms with Crippen molar-refractivity contribution in [3.8, 4) is 0 Å². The molecule has 1 spiro atoms. The van der Waals surface area contributed by atoms with Gasteiger partial charge in [-0.25, -0.2) is 0 Å². The first-order valence-electron chi connectivity index (χ1n) is 8.31. The molecule has 2 atom stereocenters. The molecule has 0 aromatic carbocycles. The molecule has 6 heteroatoms. The molecular weight excluding hydrogens is 312 g/mol. The third-order valence-electron chi connectivity index (χ3n) is 5.32. The number of amides is 1. The molecule has 23 heavy (non-hydrogen) atoms. The number of aryl methyl sites for hydroxylation is 1. The molecule has 2 N–H and O–H groups in total. The minimum atomic E-state index is -0.0329. The average molecular weight is 341 g/mol. The van der Waals surface area contributed by atoms with E-state index in [0.717, 1.165) is 37.9 Å². The number of carbonyl (C=O) groups excluding carboxylic acids is 1. The normalized spacial score (nSPS) is 23.9. The second-order valence-electron chi connectivity index (χ2n) is 8.12. The summed E-state index contributed by atoms with van der Waals surface area (Å²) in [5.41, 5.74) is 1.34. The number of rotatable bonds is 3. The van der Waals surface area contributed by atoms with E-state index in [9.17, 15) is 4.79 Å². The highest BCUT2D eigenvalue weighted by Crippen LogP contribution is 2.58. The van der Waals surface area contributed by atoms with E-state index in [-0.39, 0.29) is 41.1 Å². The molecule has 1 saturated heterocycles. The smallest absolute Gasteiger partial charge is 0.224 e. The van der Waals surface area contributed by atoms with E-state index in [1.165, 1.54) is 0 Å². The zero-order chi connectivity index (χ0) is 16.0. The summed E-state index contributed by atoms with van der Waals surface area (Å²) in [6, 6.07) is 0.00747. The van der Waals surface area contributed by atoms with Gasteiger partial charge in [0.1, 0.15) is 0 Å². The van der Waals surface area contributed by atoms with Crippen LogP contribution < -0.4 is 10.6 Å². The van der Waals surface area contributed by atoms with Crippen LogP contribution in [0.15, 0.2) is 12.4 Å². The molecule has 1 aliphatic carbocycles. The van der Waals surface area contributed by atoms with Gasteiger partial charge in [0.25, 0.3) is 0 Å². The third-order valence-corrected chi connectivity index (χ3v) is 5.32. The number of halogens is 1. The minimum absolute atomic E-state index is 0. The van der Waals surface area contributed by atoms with Gasteiger partial charge in [0.2, 0.25) is 5.91 Å². The number of nitrogens with one attached hydrogen (secondary N) is 2. The maximum Gasteiger partial charge on any atom is 0.224 e. The van der Waals surface area contributed by atoms with E-state index in [0.29, 0.717) is 0 Å². The molecule has 5 nitrogen and oxygen atoms in total. The number of piperidine rings is 1. The Morgan fingerprint density at radius 3 is 2.61 bits per heavy atom. The molecule has 1 aromatic rings. The fraction of sp³-hybridized carbons (Fsp3) is 0.765. The molecule has 1 saturated carbocycles. The van der Waals surface area contributed by atoms with Crippen molar-refractivity contribution in [1.29, 1.82) is 0 Å². The first-order chi connectivity index (χ1) is 10.3. The quantitative estimate of drug-likeness (QED) is 0.888. The summed E-state index contributed by atoms with van der Waals surface area (Å²) in [5.74, 6) is 0.432. The SMILES string of the molecule is Cl.Cn1cc(C(NC(=O)C2CC23CCNCC3)C(C)(C)C)cn1. The molecule has 2 heterocycles. The van der Waals surface area contributed by atoms with Gasteiger partial charge in [-0.15, -0.1) is 12.4 Å².